The van der Waals surface area contributed by atoms with Crippen molar-refractivity contribution in [3.63, 3.8) is 0 Å². The van der Waals surface area contributed by atoms with Crippen LogP contribution in [0, 0.1) is 0 Å². The molecular formula is C32H50N2O5. The van der Waals surface area contributed by atoms with E-state index in [1.165, 1.54) is 17.1 Å². The number of aliphatic hydroxyl groups excluding tert-OH is 1. The third-order valence-corrected chi connectivity index (χ3v) is 4.68. The summed E-state index contributed by atoms with van der Waals surface area (Å²) < 4.78 is 11.1. The third-order valence-electron chi connectivity index (χ3n) is 4.68. The Hall–Kier alpha value is -3.42. The number of allylic oxidation sites excluding steroid dienone is 4. The number of carbonyl (C=O) groups excluding carboxylic acids is 2. The summed E-state index contributed by atoms with van der Waals surface area (Å²) in [4.78, 5) is 26.0. The van der Waals surface area contributed by atoms with Crippen LogP contribution in [-0.2, 0) is 20.9 Å². The summed E-state index contributed by atoms with van der Waals surface area (Å²) in [6.45, 7) is 24.5. The maximum absolute atomic E-state index is 12.4. The number of ether oxygens (including phenoxy) is 2. The molecule has 7 nitrogen and oxygen atoms in total. The molecule has 0 aliphatic carbocycles. The number of nitrogens with one attached hydrogen (secondary N) is 1. The van der Waals surface area contributed by atoms with E-state index < -0.39 is 23.8 Å². The number of nitrogens with zero attached hydrogens (tertiary/aromatic N) is 1. The summed E-state index contributed by atoms with van der Waals surface area (Å²) in [7, 11) is 0. The van der Waals surface area contributed by atoms with Gasteiger partial charge in [-0.15, -0.1) is 0 Å². The predicted octanol–water partition coefficient (Wildman–Crippen LogP) is 7.07. The number of amides is 2. The Balaban J connectivity index is 0. The molecule has 0 saturated heterocycles. The van der Waals surface area contributed by atoms with Gasteiger partial charge < -0.3 is 19.9 Å². The first-order chi connectivity index (χ1) is 18.5. The highest BCUT2D eigenvalue weighted by Gasteiger charge is 2.26. The molecule has 7 heteroatoms. The van der Waals surface area contributed by atoms with Crippen molar-refractivity contribution in [1.29, 1.82) is 0 Å². The van der Waals surface area contributed by atoms with Crippen molar-refractivity contribution in [2.75, 3.05) is 6.61 Å². The minimum atomic E-state index is -1.15. The fourth-order valence-corrected chi connectivity index (χ4v) is 2.98. The van der Waals surface area contributed by atoms with E-state index in [0.717, 1.165) is 5.56 Å². The molecule has 218 valence electrons. The van der Waals surface area contributed by atoms with E-state index in [9.17, 15) is 14.7 Å². The van der Waals surface area contributed by atoms with Gasteiger partial charge in [-0.1, -0.05) is 89.4 Å². The number of hydrogen-bond acceptors (Lipinski definition) is 5. The first-order valence-electron chi connectivity index (χ1n) is 13.4. The van der Waals surface area contributed by atoms with E-state index in [1.54, 1.807) is 59.0 Å². The van der Waals surface area contributed by atoms with E-state index in [-0.39, 0.29) is 12.5 Å². The molecule has 2 atom stereocenters. The van der Waals surface area contributed by atoms with Crippen molar-refractivity contribution in [2.45, 2.75) is 86.7 Å². The summed E-state index contributed by atoms with van der Waals surface area (Å²) in [6.07, 6.45) is 7.56. The van der Waals surface area contributed by atoms with Crippen LogP contribution in [0.15, 0.2) is 91.3 Å². The zero-order valence-electron chi connectivity index (χ0n) is 25.4. The molecule has 2 unspecified atom stereocenters. The van der Waals surface area contributed by atoms with Crippen LogP contribution >= 0.6 is 0 Å². The molecule has 0 spiro atoms. The van der Waals surface area contributed by atoms with Gasteiger partial charge in [0.1, 0.15) is 11.7 Å². The summed E-state index contributed by atoms with van der Waals surface area (Å²) in [5.74, 6) is -0.287. The van der Waals surface area contributed by atoms with E-state index in [2.05, 4.69) is 18.5 Å². The maximum atomic E-state index is 12.4. The Labute approximate surface area is 236 Å². The second kappa shape index (κ2) is 21.5. The van der Waals surface area contributed by atoms with Gasteiger partial charge >= 0.3 is 6.09 Å². The Morgan fingerprint density at radius 1 is 1.05 bits per heavy atom. The van der Waals surface area contributed by atoms with Crippen molar-refractivity contribution in [3.8, 4) is 0 Å². The molecule has 1 aromatic carbocycles. The van der Waals surface area contributed by atoms with Gasteiger partial charge in [0, 0.05) is 11.9 Å². The van der Waals surface area contributed by atoms with Gasteiger partial charge in [0.2, 0.25) is 0 Å². The summed E-state index contributed by atoms with van der Waals surface area (Å²) >= 11 is 0. The summed E-state index contributed by atoms with van der Waals surface area (Å²) in [5.41, 5.74) is 1.30. The fraction of sp³-hybridized carbons (Fsp3) is 0.438. The number of aliphatic hydroxyl groups is 1. The molecular weight excluding hydrogens is 492 g/mol. The molecule has 0 bridgehead atoms. The average Bonchev–Trinajstić information content (AvgIpc) is 2.92. The van der Waals surface area contributed by atoms with Crippen molar-refractivity contribution in [1.82, 2.24) is 10.2 Å². The lowest BCUT2D eigenvalue weighted by Gasteiger charge is -2.27. The van der Waals surface area contributed by atoms with Gasteiger partial charge in [0.05, 0.1) is 19.3 Å². The highest BCUT2D eigenvalue weighted by molar-refractivity contribution is 5.89. The SMILES string of the molecule is C=CC(=O)N(/C=C\C)/C(C)=C/C=C(\C=C)C(O)C(COCc1ccccc1)NC(=O)OC(C)(C)C.CC.CC. The lowest BCUT2D eigenvalue weighted by Crippen LogP contribution is -2.48. The summed E-state index contributed by atoms with van der Waals surface area (Å²) in [6, 6.07) is 8.77. The normalized spacial score (nSPS) is 13.1. The zero-order chi connectivity index (χ0) is 30.4. The molecule has 0 heterocycles. The molecule has 2 N–H and O–H groups in total. The minimum absolute atomic E-state index is 0.0306. The highest BCUT2D eigenvalue weighted by atomic mass is 16.6. The molecule has 2 amide bonds. The molecule has 0 saturated carbocycles. The molecule has 1 rings (SSSR count). The standard InChI is InChI=1S/C28H38N2O5.2C2H6/c1-8-18-30(25(31)10-3)21(4)16-17-23(9-2)26(32)24(29-27(33)35-28(5,6)7)20-34-19-22-14-12-11-13-15-22;2*1-2/h8-18,24,26,32H,2-3,19-20H2,1,4-7H3,(H,29,33);2*1-2H3/b18-8-,21-16+,23-17+;;. The quantitative estimate of drug-likeness (QED) is 0.218. The van der Waals surface area contributed by atoms with Crippen LogP contribution in [0.5, 0.6) is 0 Å². The Kier molecular flexibility index (Phi) is 20.8. The smallest absolute Gasteiger partial charge is 0.408 e. The first-order valence-corrected chi connectivity index (χ1v) is 13.4. The lowest BCUT2D eigenvalue weighted by molar-refractivity contribution is -0.122. The third kappa shape index (κ3) is 16.2. The molecule has 0 radical (unpaired) electrons. The Morgan fingerprint density at radius 2 is 1.64 bits per heavy atom. The summed E-state index contributed by atoms with van der Waals surface area (Å²) in [5, 5.41) is 13.8. The van der Waals surface area contributed by atoms with E-state index in [1.807, 2.05) is 58.0 Å². The van der Waals surface area contributed by atoms with Crippen molar-refractivity contribution >= 4 is 12.0 Å². The maximum Gasteiger partial charge on any atom is 0.408 e. The van der Waals surface area contributed by atoms with Crippen molar-refractivity contribution in [3.05, 3.63) is 96.9 Å². The van der Waals surface area contributed by atoms with Gasteiger partial charge in [-0.3, -0.25) is 9.69 Å². The van der Waals surface area contributed by atoms with E-state index in [4.69, 9.17) is 9.47 Å². The first kappa shape index (κ1) is 37.7. The van der Waals surface area contributed by atoms with Gasteiger partial charge in [-0.2, -0.15) is 0 Å². The van der Waals surface area contributed by atoms with Crippen LogP contribution in [-0.4, -0.2) is 46.4 Å². The molecule has 0 fully saturated rings. The highest BCUT2D eigenvalue weighted by Crippen LogP contribution is 2.15. The topological polar surface area (TPSA) is 88.1 Å². The molecule has 0 aromatic heterocycles. The van der Waals surface area contributed by atoms with Crippen LogP contribution < -0.4 is 5.32 Å². The van der Waals surface area contributed by atoms with Gasteiger partial charge in [-0.05, 0) is 57.9 Å². The number of alkyl carbamates (subject to hydrolysis) is 1. The number of carbonyl (C=O) groups is 2. The predicted molar refractivity (Wildman–Crippen MR) is 162 cm³/mol. The number of rotatable bonds is 12. The van der Waals surface area contributed by atoms with Crippen LogP contribution in [0.3, 0.4) is 0 Å². The van der Waals surface area contributed by atoms with Gasteiger partial charge in [0.25, 0.3) is 5.91 Å². The second-order valence-corrected chi connectivity index (χ2v) is 8.77. The van der Waals surface area contributed by atoms with E-state index in [0.29, 0.717) is 17.9 Å². The Bertz CT molecular complexity index is 943. The van der Waals surface area contributed by atoms with Gasteiger partial charge in [-0.25, -0.2) is 4.79 Å². The minimum Gasteiger partial charge on any atom is -0.444 e. The molecule has 39 heavy (non-hydrogen) atoms. The van der Waals surface area contributed by atoms with Crippen molar-refractivity contribution in [2.24, 2.45) is 0 Å². The Morgan fingerprint density at radius 3 is 2.13 bits per heavy atom. The lowest BCUT2D eigenvalue weighted by atomic mass is 10.0. The number of hydrogen-bond donors (Lipinski definition) is 2. The number of benzene rings is 1. The van der Waals surface area contributed by atoms with Crippen molar-refractivity contribution < 1.29 is 24.2 Å². The molecule has 1 aromatic rings. The zero-order valence-corrected chi connectivity index (χ0v) is 25.4. The molecule has 0 aliphatic rings. The van der Waals surface area contributed by atoms with Crippen LogP contribution in [0.4, 0.5) is 4.79 Å². The monoisotopic (exact) mass is 542 g/mol. The van der Waals surface area contributed by atoms with E-state index >= 15 is 0 Å². The molecule has 0 aliphatic heterocycles. The van der Waals surface area contributed by atoms with Crippen LogP contribution in [0.1, 0.15) is 67.9 Å². The average molecular weight is 543 g/mol. The fourth-order valence-electron chi connectivity index (χ4n) is 2.98. The second-order valence-electron chi connectivity index (χ2n) is 8.77. The van der Waals surface area contributed by atoms with Crippen LogP contribution in [0.25, 0.3) is 0 Å². The van der Waals surface area contributed by atoms with Crippen LogP contribution in [0.2, 0.25) is 0 Å². The largest absolute Gasteiger partial charge is 0.444 e. The van der Waals surface area contributed by atoms with Gasteiger partial charge in [0.15, 0.2) is 0 Å².